The number of nitrogens with one attached hydrogen (secondary N) is 2. The first-order valence-electron chi connectivity index (χ1n) is 7.23. The minimum atomic E-state index is 0.00269. The van der Waals surface area contributed by atoms with Crippen molar-refractivity contribution in [2.24, 2.45) is 0 Å². The van der Waals surface area contributed by atoms with Gasteiger partial charge >= 0.3 is 0 Å². The first-order chi connectivity index (χ1) is 10.2. The third kappa shape index (κ3) is 2.69. The minimum absolute atomic E-state index is 0.00269. The normalized spacial score (nSPS) is 19.9. The highest BCUT2D eigenvalue weighted by Gasteiger charge is 2.31. The monoisotopic (exact) mass is 288 g/mol. The van der Waals surface area contributed by atoms with E-state index in [9.17, 15) is 4.79 Å². The molecule has 0 saturated carbocycles. The predicted octanol–water partition coefficient (Wildman–Crippen LogP) is 0.960. The van der Waals surface area contributed by atoms with E-state index >= 15 is 0 Å². The highest BCUT2D eigenvalue weighted by atomic mass is 16.2. The van der Waals surface area contributed by atoms with Crippen LogP contribution < -0.4 is 0 Å². The fourth-order valence-corrected chi connectivity index (χ4v) is 2.80. The molecule has 1 saturated heterocycles. The van der Waals surface area contributed by atoms with Crippen molar-refractivity contribution in [3.63, 3.8) is 0 Å². The molecule has 3 heterocycles. The van der Waals surface area contributed by atoms with E-state index in [0.717, 1.165) is 31.3 Å². The van der Waals surface area contributed by atoms with Crippen LogP contribution in [0.25, 0.3) is 0 Å². The first-order valence-corrected chi connectivity index (χ1v) is 7.23. The van der Waals surface area contributed by atoms with Gasteiger partial charge in [-0.3, -0.25) is 9.69 Å². The lowest BCUT2D eigenvalue weighted by atomic mass is 10.1. The lowest BCUT2D eigenvalue weighted by Gasteiger charge is -2.39. The van der Waals surface area contributed by atoms with Crippen LogP contribution >= 0.6 is 0 Å². The quantitative estimate of drug-likeness (QED) is 0.881. The highest BCUT2D eigenvalue weighted by molar-refractivity contribution is 5.92. The van der Waals surface area contributed by atoms with Crippen LogP contribution in [0, 0.1) is 6.92 Å². The summed E-state index contributed by atoms with van der Waals surface area (Å²) >= 11 is 0. The second kappa shape index (κ2) is 5.69. The predicted molar refractivity (Wildman–Crippen MR) is 77.8 cm³/mol. The van der Waals surface area contributed by atoms with E-state index in [1.807, 2.05) is 18.0 Å². The number of aromatic nitrogens is 4. The molecule has 0 aliphatic carbocycles. The van der Waals surface area contributed by atoms with Crippen LogP contribution in [-0.4, -0.2) is 61.8 Å². The van der Waals surface area contributed by atoms with Gasteiger partial charge in [0, 0.05) is 32.0 Å². The first kappa shape index (κ1) is 13.8. The van der Waals surface area contributed by atoms with Gasteiger partial charge in [-0.1, -0.05) is 6.92 Å². The van der Waals surface area contributed by atoms with Gasteiger partial charge in [-0.2, -0.15) is 0 Å². The summed E-state index contributed by atoms with van der Waals surface area (Å²) in [4.78, 5) is 31.4. The van der Waals surface area contributed by atoms with Crippen molar-refractivity contribution in [1.29, 1.82) is 0 Å². The molecule has 1 aliphatic rings. The van der Waals surface area contributed by atoms with Gasteiger partial charge in [0.1, 0.15) is 17.3 Å². The number of hydrogen-bond donors (Lipinski definition) is 2. The summed E-state index contributed by atoms with van der Waals surface area (Å²) in [6, 6.07) is 0.117. The van der Waals surface area contributed by atoms with E-state index in [1.165, 1.54) is 0 Å². The number of likely N-dealkylation sites (N-methyl/N-ethyl adjacent to an activating group) is 1. The maximum absolute atomic E-state index is 12.5. The number of piperazine rings is 1. The van der Waals surface area contributed by atoms with Gasteiger partial charge in [0.25, 0.3) is 5.91 Å². The van der Waals surface area contributed by atoms with Crippen LogP contribution in [0.4, 0.5) is 0 Å². The molecule has 1 aliphatic heterocycles. The van der Waals surface area contributed by atoms with Gasteiger partial charge in [0.2, 0.25) is 0 Å². The van der Waals surface area contributed by atoms with Crippen molar-refractivity contribution in [3.05, 3.63) is 35.9 Å². The molecular formula is C14H20N6O. The number of carbonyl (C=O) groups excluding carboxylic acids is 1. The molecule has 0 spiro atoms. The molecule has 2 N–H and O–H groups in total. The smallest absolute Gasteiger partial charge is 0.272 e. The van der Waals surface area contributed by atoms with E-state index < -0.39 is 0 Å². The Bertz CT molecular complexity index is 605. The highest BCUT2D eigenvalue weighted by Crippen LogP contribution is 2.23. The molecule has 7 heteroatoms. The summed E-state index contributed by atoms with van der Waals surface area (Å²) in [5.41, 5.74) is 0.552. The van der Waals surface area contributed by atoms with Crippen LogP contribution in [-0.2, 0) is 0 Å². The van der Waals surface area contributed by atoms with E-state index in [1.54, 1.807) is 12.4 Å². The Kier molecular flexibility index (Phi) is 3.74. The van der Waals surface area contributed by atoms with Gasteiger partial charge in [-0.25, -0.2) is 9.97 Å². The molecule has 7 nitrogen and oxygen atoms in total. The zero-order valence-electron chi connectivity index (χ0n) is 12.3. The lowest BCUT2D eigenvalue weighted by molar-refractivity contribution is 0.0475. The van der Waals surface area contributed by atoms with E-state index in [4.69, 9.17) is 0 Å². The van der Waals surface area contributed by atoms with Crippen molar-refractivity contribution >= 4 is 5.91 Å². The molecule has 1 amide bonds. The van der Waals surface area contributed by atoms with Gasteiger partial charge in [0.05, 0.1) is 12.2 Å². The van der Waals surface area contributed by atoms with Crippen LogP contribution in [0.1, 0.15) is 35.1 Å². The van der Waals surface area contributed by atoms with Crippen molar-refractivity contribution in [2.75, 3.05) is 26.2 Å². The van der Waals surface area contributed by atoms with Gasteiger partial charge in [-0.05, 0) is 13.5 Å². The maximum atomic E-state index is 12.5. The Balaban J connectivity index is 1.78. The Morgan fingerprint density at radius 1 is 1.43 bits per heavy atom. The van der Waals surface area contributed by atoms with Gasteiger partial charge < -0.3 is 14.9 Å². The largest absolute Gasteiger partial charge is 0.347 e. The molecule has 2 aromatic heterocycles. The summed E-state index contributed by atoms with van der Waals surface area (Å²) in [6.45, 7) is 7.13. The third-order valence-corrected chi connectivity index (χ3v) is 3.95. The molecule has 0 radical (unpaired) electrons. The molecule has 112 valence electrons. The number of carbonyl (C=O) groups is 1. The number of hydrogen-bond acceptors (Lipinski definition) is 4. The number of H-pyrrole nitrogens is 2. The zero-order chi connectivity index (χ0) is 14.8. The average molecular weight is 288 g/mol. The standard InChI is InChI=1S/C14H20N6O/c1-3-19-6-7-20(9-12(19)13-15-4-5-16-13)14(21)11-8-17-10(2)18-11/h4-5,8,12H,3,6-7,9H2,1-2H3,(H,15,16)(H,17,18)/t12-/m1/s1. The van der Waals surface area contributed by atoms with E-state index in [-0.39, 0.29) is 11.9 Å². The minimum Gasteiger partial charge on any atom is -0.347 e. The molecule has 1 fully saturated rings. The second-order valence-corrected chi connectivity index (χ2v) is 5.25. The fraction of sp³-hybridized carbons (Fsp3) is 0.500. The summed E-state index contributed by atoms with van der Waals surface area (Å²) in [7, 11) is 0. The number of rotatable bonds is 3. The van der Waals surface area contributed by atoms with E-state index in [0.29, 0.717) is 12.2 Å². The Hall–Kier alpha value is -2.15. The summed E-state index contributed by atoms with van der Waals surface area (Å²) in [6.07, 6.45) is 5.18. The van der Waals surface area contributed by atoms with Crippen LogP contribution in [0.5, 0.6) is 0 Å². The van der Waals surface area contributed by atoms with E-state index in [2.05, 4.69) is 31.8 Å². The average Bonchev–Trinajstić information content (AvgIpc) is 3.17. The molecule has 2 aromatic rings. The van der Waals surface area contributed by atoms with Gasteiger partial charge in [-0.15, -0.1) is 0 Å². The Morgan fingerprint density at radius 2 is 2.29 bits per heavy atom. The van der Waals surface area contributed by atoms with Crippen LogP contribution in [0.15, 0.2) is 18.6 Å². The van der Waals surface area contributed by atoms with Gasteiger partial charge in [0.15, 0.2) is 0 Å². The molecule has 21 heavy (non-hydrogen) atoms. The Labute approximate surface area is 123 Å². The topological polar surface area (TPSA) is 80.9 Å². The zero-order valence-corrected chi connectivity index (χ0v) is 12.3. The molecule has 0 aromatic carbocycles. The lowest BCUT2D eigenvalue weighted by Crippen LogP contribution is -2.50. The molecular weight excluding hydrogens is 268 g/mol. The SMILES string of the molecule is CCN1CCN(C(=O)c2cnc(C)[nH]2)C[C@@H]1c1ncc[nH]1. The molecule has 0 bridgehead atoms. The molecule has 0 unspecified atom stereocenters. The number of amides is 1. The fourth-order valence-electron chi connectivity index (χ4n) is 2.80. The number of imidazole rings is 2. The second-order valence-electron chi connectivity index (χ2n) is 5.25. The maximum Gasteiger partial charge on any atom is 0.272 e. The van der Waals surface area contributed by atoms with Crippen molar-refractivity contribution in [3.8, 4) is 0 Å². The number of nitrogens with zero attached hydrogens (tertiary/aromatic N) is 4. The van der Waals surface area contributed by atoms with Crippen LogP contribution in [0.2, 0.25) is 0 Å². The number of aryl methyl sites for hydroxylation is 1. The van der Waals surface area contributed by atoms with Crippen molar-refractivity contribution in [2.45, 2.75) is 19.9 Å². The third-order valence-electron chi connectivity index (χ3n) is 3.95. The summed E-state index contributed by atoms with van der Waals surface area (Å²) < 4.78 is 0. The summed E-state index contributed by atoms with van der Waals surface area (Å²) in [5, 5.41) is 0. The summed E-state index contributed by atoms with van der Waals surface area (Å²) in [5.74, 6) is 1.67. The number of aromatic amines is 2. The van der Waals surface area contributed by atoms with Crippen molar-refractivity contribution < 1.29 is 4.79 Å². The van der Waals surface area contributed by atoms with Crippen molar-refractivity contribution in [1.82, 2.24) is 29.7 Å². The molecule has 1 atom stereocenters. The molecule has 3 rings (SSSR count). The Morgan fingerprint density at radius 3 is 2.90 bits per heavy atom. The van der Waals surface area contributed by atoms with Crippen LogP contribution in [0.3, 0.4) is 0 Å².